The van der Waals surface area contributed by atoms with Crippen LogP contribution in [-0.4, -0.2) is 44.3 Å². The number of carbonyl (C=O) groups excluding carboxylic acids is 2. The maximum absolute atomic E-state index is 13.8. The van der Waals surface area contributed by atoms with Gasteiger partial charge in [-0.2, -0.15) is 0 Å². The first-order valence-corrected chi connectivity index (χ1v) is 13.8. The second-order valence-electron chi connectivity index (χ2n) is 8.84. The summed E-state index contributed by atoms with van der Waals surface area (Å²) in [4.78, 5) is 28.1. The molecule has 3 aromatic rings. The Morgan fingerprint density at radius 1 is 0.973 bits per heavy atom. The topological polar surface area (TPSA) is 86.8 Å². The monoisotopic (exact) mass is 541 g/mol. The third-order valence-electron chi connectivity index (χ3n) is 5.99. The molecule has 0 radical (unpaired) electrons. The summed E-state index contributed by atoms with van der Waals surface area (Å²) < 4.78 is 28.6. The maximum atomic E-state index is 13.8. The highest BCUT2D eigenvalue weighted by Crippen LogP contribution is 2.29. The number of rotatable bonds is 10. The van der Waals surface area contributed by atoms with E-state index in [2.05, 4.69) is 5.32 Å². The largest absolute Gasteiger partial charge is 0.355 e. The summed E-state index contributed by atoms with van der Waals surface area (Å²) in [5.41, 5.74) is 2.79. The van der Waals surface area contributed by atoms with Gasteiger partial charge >= 0.3 is 0 Å². The zero-order valence-corrected chi connectivity index (χ0v) is 23.0. The molecule has 0 bridgehead atoms. The number of nitrogens with zero attached hydrogens (tertiary/aromatic N) is 2. The number of benzene rings is 3. The van der Waals surface area contributed by atoms with Gasteiger partial charge in [0.15, 0.2) is 0 Å². The van der Waals surface area contributed by atoms with Gasteiger partial charge in [0.05, 0.1) is 10.6 Å². The Kier molecular flexibility index (Phi) is 9.34. The molecule has 7 nitrogen and oxygen atoms in total. The van der Waals surface area contributed by atoms with Crippen molar-refractivity contribution in [1.29, 1.82) is 0 Å². The lowest BCUT2D eigenvalue weighted by atomic mass is 10.1. The Balaban J connectivity index is 2.05. The van der Waals surface area contributed by atoms with Crippen LogP contribution in [0.15, 0.2) is 77.7 Å². The number of amides is 2. The lowest BCUT2D eigenvalue weighted by Gasteiger charge is -2.32. The molecule has 0 heterocycles. The summed E-state index contributed by atoms with van der Waals surface area (Å²) in [6.45, 7) is 7.19. The van der Waals surface area contributed by atoms with E-state index in [1.54, 1.807) is 57.2 Å². The predicted molar refractivity (Wildman–Crippen MR) is 147 cm³/mol. The molecule has 0 aliphatic rings. The molecule has 0 saturated heterocycles. The van der Waals surface area contributed by atoms with Crippen LogP contribution in [0, 0.1) is 13.8 Å². The van der Waals surface area contributed by atoms with E-state index in [0.717, 1.165) is 15.4 Å². The fraction of sp³-hybridized carbons (Fsp3) is 0.286. The highest BCUT2D eigenvalue weighted by Gasteiger charge is 2.33. The van der Waals surface area contributed by atoms with Crippen LogP contribution in [0.5, 0.6) is 0 Å². The van der Waals surface area contributed by atoms with E-state index < -0.39 is 28.5 Å². The van der Waals surface area contributed by atoms with Crippen LogP contribution in [0.1, 0.15) is 30.5 Å². The first-order chi connectivity index (χ1) is 17.5. The van der Waals surface area contributed by atoms with Gasteiger partial charge in [-0.05, 0) is 69.2 Å². The summed E-state index contributed by atoms with van der Waals surface area (Å²) in [6, 6.07) is 19.6. The van der Waals surface area contributed by atoms with E-state index in [9.17, 15) is 18.0 Å². The second-order valence-corrected chi connectivity index (χ2v) is 11.1. The molecule has 3 rings (SSSR count). The van der Waals surface area contributed by atoms with Gasteiger partial charge in [0.25, 0.3) is 10.0 Å². The molecule has 37 heavy (non-hydrogen) atoms. The number of carbonyl (C=O) groups is 2. The molecule has 1 N–H and O–H groups in total. The van der Waals surface area contributed by atoms with Crippen molar-refractivity contribution in [1.82, 2.24) is 10.2 Å². The smallest absolute Gasteiger partial charge is 0.264 e. The van der Waals surface area contributed by atoms with Crippen molar-refractivity contribution < 1.29 is 18.0 Å². The first kappa shape index (κ1) is 28.2. The summed E-state index contributed by atoms with van der Waals surface area (Å²) in [5, 5.41) is 3.21. The summed E-state index contributed by atoms with van der Waals surface area (Å²) in [6.07, 6.45) is 0. The minimum atomic E-state index is -4.11. The van der Waals surface area contributed by atoms with Gasteiger partial charge in [0.2, 0.25) is 11.8 Å². The molecule has 1 atom stereocenters. The molecular formula is C28H32ClN3O4S. The second kappa shape index (κ2) is 12.3. The van der Waals surface area contributed by atoms with Crippen molar-refractivity contribution in [3.8, 4) is 0 Å². The minimum absolute atomic E-state index is 0.0548. The number of likely N-dealkylation sites (N-methyl/N-ethyl adjacent to an activating group) is 1. The Bertz CT molecular complexity index is 1360. The lowest BCUT2D eigenvalue weighted by Crippen LogP contribution is -2.51. The number of hydrogen-bond donors (Lipinski definition) is 1. The van der Waals surface area contributed by atoms with E-state index in [0.29, 0.717) is 22.8 Å². The molecule has 0 aliphatic carbocycles. The third kappa shape index (κ3) is 6.90. The molecule has 2 amide bonds. The molecule has 0 unspecified atom stereocenters. The van der Waals surface area contributed by atoms with Crippen LogP contribution in [0.2, 0.25) is 5.02 Å². The summed E-state index contributed by atoms with van der Waals surface area (Å²) >= 11 is 6.13. The van der Waals surface area contributed by atoms with Gasteiger partial charge in [-0.3, -0.25) is 13.9 Å². The van der Waals surface area contributed by atoms with Crippen LogP contribution < -0.4 is 9.62 Å². The minimum Gasteiger partial charge on any atom is -0.355 e. The average Bonchev–Trinajstić information content (AvgIpc) is 2.86. The van der Waals surface area contributed by atoms with E-state index in [-0.39, 0.29) is 17.3 Å². The molecule has 0 saturated carbocycles. The van der Waals surface area contributed by atoms with Crippen LogP contribution in [0.25, 0.3) is 0 Å². The predicted octanol–water partition coefficient (Wildman–Crippen LogP) is 4.71. The maximum Gasteiger partial charge on any atom is 0.264 e. The summed E-state index contributed by atoms with van der Waals surface area (Å²) in [7, 11) is -4.11. The fourth-order valence-electron chi connectivity index (χ4n) is 4.04. The Hall–Kier alpha value is -3.36. The van der Waals surface area contributed by atoms with Gasteiger partial charge in [0.1, 0.15) is 12.6 Å². The molecule has 3 aromatic carbocycles. The zero-order valence-electron chi connectivity index (χ0n) is 21.4. The number of aryl methyl sites for hydroxylation is 2. The zero-order chi connectivity index (χ0) is 27.2. The van der Waals surface area contributed by atoms with E-state index in [1.165, 1.54) is 17.0 Å². The van der Waals surface area contributed by atoms with Crippen LogP contribution in [-0.2, 0) is 26.2 Å². The van der Waals surface area contributed by atoms with Gasteiger partial charge < -0.3 is 10.2 Å². The number of hydrogen-bond acceptors (Lipinski definition) is 4. The quantitative estimate of drug-likeness (QED) is 0.403. The fourth-order valence-corrected chi connectivity index (χ4v) is 5.77. The number of nitrogens with one attached hydrogen (secondary N) is 1. The molecule has 196 valence electrons. The first-order valence-electron chi connectivity index (χ1n) is 12.0. The van der Waals surface area contributed by atoms with Gasteiger partial charge in [-0.1, -0.05) is 59.6 Å². The standard InChI is InChI=1S/C28H32ClN3O4S/c1-5-30-28(34)22(4)31(18-23-11-9-10-20(2)16-23)27(33)19-32(26-15-14-24(29)17-21(26)3)37(35,36)25-12-7-6-8-13-25/h6-17,22H,5,18-19H2,1-4H3,(H,30,34)/t22-/m0/s1. The van der Waals surface area contributed by atoms with Crippen LogP contribution in [0.4, 0.5) is 5.69 Å². The Labute approximate surface area is 224 Å². The Morgan fingerprint density at radius 2 is 1.68 bits per heavy atom. The highest BCUT2D eigenvalue weighted by atomic mass is 35.5. The van der Waals surface area contributed by atoms with Crippen molar-refractivity contribution in [2.45, 2.75) is 45.2 Å². The lowest BCUT2D eigenvalue weighted by molar-refractivity contribution is -0.139. The molecular weight excluding hydrogens is 510 g/mol. The van der Waals surface area contributed by atoms with Crippen LogP contribution in [0.3, 0.4) is 0 Å². The van der Waals surface area contributed by atoms with Crippen molar-refractivity contribution in [2.24, 2.45) is 0 Å². The SMILES string of the molecule is CCNC(=O)[C@H](C)N(Cc1cccc(C)c1)C(=O)CN(c1ccc(Cl)cc1C)S(=O)(=O)c1ccccc1. The van der Waals surface area contributed by atoms with E-state index in [4.69, 9.17) is 11.6 Å². The summed E-state index contributed by atoms with van der Waals surface area (Å²) in [5.74, 6) is -0.822. The molecule has 0 spiro atoms. The van der Waals surface area contributed by atoms with Gasteiger partial charge in [-0.15, -0.1) is 0 Å². The van der Waals surface area contributed by atoms with Crippen molar-refractivity contribution >= 4 is 39.1 Å². The number of sulfonamides is 1. The number of halogens is 1. The Morgan fingerprint density at radius 3 is 2.30 bits per heavy atom. The highest BCUT2D eigenvalue weighted by molar-refractivity contribution is 7.92. The number of anilines is 1. The van der Waals surface area contributed by atoms with Gasteiger partial charge in [-0.25, -0.2) is 8.42 Å². The van der Waals surface area contributed by atoms with Crippen molar-refractivity contribution in [3.05, 3.63) is 94.5 Å². The van der Waals surface area contributed by atoms with Crippen molar-refractivity contribution in [3.63, 3.8) is 0 Å². The van der Waals surface area contributed by atoms with E-state index >= 15 is 0 Å². The average molecular weight is 542 g/mol. The third-order valence-corrected chi connectivity index (χ3v) is 8.00. The molecule has 9 heteroatoms. The molecule has 0 aliphatic heterocycles. The van der Waals surface area contributed by atoms with Gasteiger partial charge in [0, 0.05) is 18.1 Å². The molecule has 0 aromatic heterocycles. The normalized spacial score (nSPS) is 12.0. The van der Waals surface area contributed by atoms with E-state index in [1.807, 2.05) is 31.2 Å². The van der Waals surface area contributed by atoms with Crippen molar-refractivity contribution in [2.75, 3.05) is 17.4 Å². The van der Waals surface area contributed by atoms with Crippen LogP contribution >= 0.6 is 11.6 Å². The molecule has 0 fully saturated rings.